The van der Waals surface area contributed by atoms with E-state index in [4.69, 9.17) is 4.74 Å². The number of barbiturate groups is 1. The van der Waals surface area contributed by atoms with E-state index in [1.165, 1.54) is 6.08 Å². The molecule has 4 aromatic carbocycles. The molecule has 1 aliphatic rings. The van der Waals surface area contributed by atoms with Crippen LogP contribution in [0.2, 0.25) is 0 Å². The van der Waals surface area contributed by atoms with E-state index in [1.54, 1.807) is 36.4 Å². The summed E-state index contributed by atoms with van der Waals surface area (Å²) in [5.74, 6) is -0.935. The zero-order valence-electron chi connectivity index (χ0n) is 19.3. The van der Waals surface area contributed by atoms with Crippen molar-refractivity contribution < 1.29 is 19.1 Å². The van der Waals surface area contributed by atoms with Crippen molar-refractivity contribution in [2.45, 2.75) is 13.5 Å². The molecule has 4 amide bonds. The number of imide groups is 2. The topological polar surface area (TPSA) is 75.7 Å². The van der Waals surface area contributed by atoms with Crippen molar-refractivity contribution in [3.05, 3.63) is 112 Å². The van der Waals surface area contributed by atoms with E-state index in [2.05, 4.69) is 21.2 Å². The van der Waals surface area contributed by atoms with E-state index in [9.17, 15) is 14.4 Å². The maximum Gasteiger partial charge on any atom is 0.335 e. The third kappa shape index (κ3) is 4.53. The Bertz CT molecular complexity index is 1550. The maximum absolute atomic E-state index is 13.3. The Morgan fingerprint density at radius 3 is 2.50 bits per heavy atom. The largest absolute Gasteiger partial charge is 0.488 e. The van der Waals surface area contributed by atoms with Crippen LogP contribution in [0.4, 0.5) is 10.5 Å². The molecule has 0 saturated carbocycles. The first-order valence-corrected chi connectivity index (χ1v) is 12.1. The summed E-state index contributed by atoms with van der Waals surface area (Å²) in [6, 6.07) is 25.6. The van der Waals surface area contributed by atoms with Crippen LogP contribution >= 0.6 is 15.9 Å². The summed E-state index contributed by atoms with van der Waals surface area (Å²) in [7, 11) is 0. The van der Waals surface area contributed by atoms with Gasteiger partial charge in [-0.15, -0.1) is 0 Å². The first-order valence-electron chi connectivity index (χ1n) is 11.3. The lowest BCUT2D eigenvalue weighted by molar-refractivity contribution is -0.122. The fourth-order valence-corrected chi connectivity index (χ4v) is 4.37. The molecule has 0 aliphatic carbocycles. The van der Waals surface area contributed by atoms with Crippen LogP contribution in [0.15, 0.2) is 95.0 Å². The molecule has 5 rings (SSSR count). The van der Waals surface area contributed by atoms with Gasteiger partial charge < -0.3 is 4.74 Å². The van der Waals surface area contributed by atoms with Crippen LogP contribution in [0.1, 0.15) is 16.7 Å². The van der Waals surface area contributed by atoms with E-state index in [0.29, 0.717) is 23.6 Å². The van der Waals surface area contributed by atoms with Crippen LogP contribution < -0.4 is 15.0 Å². The number of halogens is 1. The summed E-state index contributed by atoms with van der Waals surface area (Å²) in [5, 5.41) is 4.48. The normalized spacial score (nSPS) is 14.9. The standard InChI is InChI=1S/C29H21BrN2O4/c1-18-15-22(13-14-25(18)30)32-28(34)24(27(33)31-29(32)35)16-20-8-3-5-12-26(20)36-17-21-10-6-9-19-7-2-4-11-23(19)21/h2-16H,17H2,1H3,(H,31,33,35)/b24-16+. The number of hydrogen-bond acceptors (Lipinski definition) is 4. The molecule has 6 nitrogen and oxygen atoms in total. The van der Waals surface area contributed by atoms with Crippen molar-refractivity contribution in [2.24, 2.45) is 0 Å². The Balaban J connectivity index is 1.46. The van der Waals surface area contributed by atoms with Crippen LogP contribution in [0.25, 0.3) is 16.8 Å². The molecule has 0 bridgehead atoms. The number of nitrogens with zero attached hydrogens (tertiary/aromatic N) is 1. The summed E-state index contributed by atoms with van der Waals surface area (Å²) in [5.41, 5.74) is 2.64. The van der Waals surface area contributed by atoms with E-state index < -0.39 is 17.8 Å². The average molecular weight is 541 g/mol. The first-order chi connectivity index (χ1) is 17.4. The van der Waals surface area contributed by atoms with Crippen molar-refractivity contribution in [1.29, 1.82) is 0 Å². The van der Waals surface area contributed by atoms with Crippen molar-refractivity contribution in [1.82, 2.24) is 5.32 Å². The van der Waals surface area contributed by atoms with Gasteiger partial charge in [-0.25, -0.2) is 9.69 Å². The highest BCUT2D eigenvalue weighted by atomic mass is 79.9. The van der Waals surface area contributed by atoms with Gasteiger partial charge in [0.2, 0.25) is 0 Å². The van der Waals surface area contributed by atoms with Gasteiger partial charge in [-0.1, -0.05) is 76.6 Å². The highest BCUT2D eigenvalue weighted by molar-refractivity contribution is 9.10. The minimum atomic E-state index is -0.788. The third-order valence-electron chi connectivity index (χ3n) is 5.98. The molecule has 1 aliphatic heterocycles. The lowest BCUT2D eigenvalue weighted by Gasteiger charge is -2.26. The van der Waals surface area contributed by atoms with Gasteiger partial charge in [0.05, 0.1) is 5.69 Å². The molecule has 0 atom stereocenters. The predicted octanol–water partition coefficient (Wildman–Crippen LogP) is 6.16. The monoisotopic (exact) mass is 540 g/mol. The molecule has 0 unspecified atom stereocenters. The second-order valence-electron chi connectivity index (χ2n) is 8.36. The summed E-state index contributed by atoms with van der Waals surface area (Å²) in [6.45, 7) is 2.16. The Morgan fingerprint density at radius 1 is 0.917 bits per heavy atom. The van der Waals surface area contributed by atoms with Gasteiger partial charge in [-0.3, -0.25) is 14.9 Å². The number of anilines is 1. The van der Waals surface area contributed by atoms with E-state index in [1.807, 2.05) is 55.5 Å². The molecule has 1 N–H and O–H groups in total. The lowest BCUT2D eigenvalue weighted by Crippen LogP contribution is -2.54. The molecule has 1 fully saturated rings. The van der Waals surface area contributed by atoms with E-state index in [-0.39, 0.29) is 5.57 Å². The fourth-order valence-electron chi connectivity index (χ4n) is 4.12. The number of amides is 4. The number of urea groups is 1. The van der Waals surface area contributed by atoms with Crippen LogP contribution in [0.3, 0.4) is 0 Å². The number of rotatable bonds is 5. The SMILES string of the molecule is Cc1cc(N2C(=O)NC(=O)/C(=C\c3ccccc3OCc3cccc4ccccc34)C2=O)ccc1Br. The smallest absolute Gasteiger partial charge is 0.335 e. The Kier molecular flexibility index (Phi) is 6.40. The first kappa shape index (κ1) is 23.5. The minimum Gasteiger partial charge on any atom is -0.488 e. The van der Waals surface area contributed by atoms with Gasteiger partial charge in [0.1, 0.15) is 17.9 Å². The van der Waals surface area contributed by atoms with Crippen molar-refractivity contribution >= 4 is 56.3 Å². The Hall–Kier alpha value is -4.23. The quantitative estimate of drug-likeness (QED) is 0.243. The summed E-state index contributed by atoms with van der Waals surface area (Å²) in [6.07, 6.45) is 1.46. The molecular formula is C29H21BrN2O4. The number of nitrogens with one attached hydrogen (secondary N) is 1. The molecule has 0 aromatic heterocycles. The molecule has 0 spiro atoms. The number of aryl methyl sites for hydroxylation is 1. The molecule has 0 radical (unpaired) electrons. The molecule has 178 valence electrons. The number of hydrogen-bond donors (Lipinski definition) is 1. The van der Waals surface area contributed by atoms with Gasteiger partial charge in [-0.2, -0.15) is 0 Å². The number of para-hydroxylation sites is 1. The predicted molar refractivity (Wildman–Crippen MR) is 143 cm³/mol. The van der Waals surface area contributed by atoms with Crippen molar-refractivity contribution in [3.8, 4) is 5.75 Å². The molecular weight excluding hydrogens is 520 g/mol. The zero-order valence-corrected chi connectivity index (χ0v) is 20.9. The highest BCUT2D eigenvalue weighted by Crippen LogP contribution is 2.29. The molecule has 7 heteroatoms. The number of ether oxygens (including phenoxy) is 1. The zero-order chi connectivity index (χ0) is 25.2. The molecule has 1 saturated heterocycles. The molecule has 1 heterocycles. The van der Waals surface area contributed by atoms with Crippen LogP contribution in [0.5, 0.6) is 5.75 Å². The Labute approximate surface area is 216 Å². The van der Waals surface area contributed by atoms with Gasteiger partial charge >= 0.3 is 6.03 Å². The summed E-state index contributed by atoms with van der Waals surface area (Å²) < 4.78 is 6.98. The van der Waals surface area contributed by atoms with Crippen LogP contribution in [-0.2, 0) is 16.2 Å². The van der Waals surface area contributed by atoms with Crippen molar-refractivity contribution in [3.63, 3.8) is 0 Å². The number of fused-ring (bicyclic) bond motifs is 1. The highest BCUT2D eigenvalue weighted by Gasteiger charge is 2.37. The maximum atomic E-state index is 13.3. The number of benzene rings is 4. The van der Waals surface area contributed by atoms with Crippen LogP contribution in [0, 0.1) is 6.92 Å². The van der Waals surface area contributed by atoms with Gasteiger partial charge in [0, 0.05) is 10.0 Å². The van der Waals surface area contributed by atoms with E-state index in [0.717, 1.165) is 31.3 Å². The summed E-state index contributed by atoms with van der Waals surface area (Å²) in [4.78, 5) is 39.5. The number of carbonyl (C=O) groups is 3. The van der Waals surface area contributed by atoms with Crippen molar-refractivity contribution in [2.75, 3.05) is 4.90 Å². The lowest BCUT2D eigenvalue weighted by atomic mass is 10.0. The average Bonchev–Trinajstić information content (AvgIpc) is 2.88. The second-order valence-corrected chi connectivity index (χ2v) is 9.21. The third-order valence-corrected chi connectivity index (χ3v) is 6.87. The second kappa shape index (κ2) is 9.79. The van der Waals surface area contributed by atoms with Gasteiger partial charge in [-0.05, 0) is 59.2 Å². The molecule has 4 aromatic rings. The van der Waals surface area contributed by atoms with Crippen LogP contribution in [-0.4, -0.2) is 17.8 Å². The van der Waals surface area contributed by atoms with Gasteiger partial charge in [0.25, 0.3) is 11.8 Å². The summed E-state index contributed by atoms with van der Waals surface area (Å²) >= 11 is 3.42. The number of carbonyl (C=O) groups excluding carboxylic acids is 3. The Morgan fingerprint density at radius 2 is 1.67 bits per heavy atom. The van der Waals surface area contributed by atoms with E-state index >= 15 is 0 Å². The minimum absolute atomic E-state index is 0.156. The fraction of sp³-hybridized carbons (Fsp3) is 0.0690. The molecule has 36 heavy (non-hydrogen) atoms. The van der Waals surface area contributed by atoms with Gasteiger partial charge in [0.15, 0.2) is 0 Å².